The summed E-state index contributed by atoms with van der Waals surface area (Å²) in [5.74, 6) is -0.982. The van der Waals surface area contributed by atoms with Gasteiger partial charge in [0, 0.05) is 16.2 Å². The van der Waals surface area contributed by atoms with Crippen LogP contribution in [0.2, 0.25) is 0 Å². The predicted molar refractivity (Wildman–Crippen MR) is 87.5 cm³/mol. The average Bonchev–Trinajstić information content (AvgIpc) is 2.49. The number of pyridine rings is 1. The quantitative estimate of drug-likeness (QED) is 0.753. The molecule has 0 saturated carbocycles. The van der Waals surface area contributed by atoms with Gasteiger partial charge in [-0.1, -0.05) is 24.3 Å². The number of hydrogen-bond acceptors (Lipinski definition) is 3. The van der Waals surface area contributed by atoms with Gasteiger partial charge < -0.3 is 11.1 Å². The minimum atomic E-state index is -0.768. The number of carbonyl (C=O) groups excluding carboxylic acids is 2. The summed E-state index contributed by atoms with van der Waals surface area (Å²) in [6.45, 7) is 0. The summed E-state index contributed by atoms with van der Waals surface area (Å²) in [6.07, 6.45) is 1.88. The number of rotatable bonds is 5. The summed E-state index contributed by atoms with van der Waals surface area (Å²) in [5.41, 5.74) is 6.60. The summed E-state index contributed by atoms with van der Waals surface area (Å²) in [5, 5.41) is 2.63. The Bertz CT molecular complexity index is 646. The van der Waals surface area contributed by atoms with Gasteiger partial charge >= 0.3 is 0 Å². The van der Waals surface area contributed by atoms with Gasteiger partial charge in [-0.15, -0.1) is 0 Å². The molecule has 2 aromatic rings. The van der Waals surface area contributed by atoms with Gasteiger partial charge in [0.25, 0.3) is 5.91 Å². The van der Waals surface area contributed by atoms with Gasteiger partial charge in [-0.05, 0) is 46.4 Å². The molecule has 108 valence electrons. The van der Waals surface area contributed by atoms with Crippen LogP contribution in [-0.4, -0.2) is 22.8 Å². The highest BCUT2D eigenvalue weighted by molar-refractivity contribution is 14.1. The maximum atomic E-state index is 12.1. The summed E-state index contributed by atoms with van der Waals surface area (Å²) in [6, 6.07) is 11.9. The third-order valence-electron chi connectivity index (χ3n) is 2.93. The van der Waals surface area contributed by atoms with Crippen LogP contribution in [0, 0.1) is 3.57 Å². The Morgan fingerprint density at radius 3 is 2.52 bits per heavy atom. The summed E-state index contributed by atoms with van der Waals surface area (Å²) in [7, 11) is 0. The van der Waals surface area contributed by atoms with Crippen molar-refractivity contribution in [2.75, 3.05) is 0 Å². The molecule has 1 heterocycles. The molecule has 2 amide bonds. The first-order valence-electron chi connectivity index (χ1n) is 6.32. The molecule has 3 N–H and O–H groups in total. The van der Waals surface area contributed by atoms with Gasteiger partial charge in [0.05, 0.1) is 0 Å². The number of benzene rings is 1. The van der Waals surface area contributed by atoms with Crippen molar-refractivity contribution in [3.8, 4) is 0 Å². The van der Waals surface area contributed by atoms with E-state index in [4.69, 9.17) is 5.73 Å². The Morgan fingerprint density at radius 2 is 1.90 bits per heavy atom. The van der Waals surface area contributed by atoms with Gasteiger partial charge in [-0.2, -0.15) is 0 Å². The van der Waals surface area contributed by atoms with Crippen molar-refractivity contribution in [1.82, 2.24) is 10.3 Å². The first-order valence-corrected chi connectivity index (χ1v) is 7.40. The number of halogens is 1. The number of nitrogens with zero attached hydrogens (tertiary/aromatic N) is 1. The standard InChI is InChI=1S/C15H14IN3O2/c16-11-6-2-1-5-10(11)9-13(14(17)20)19-15(21)12-7-3-4-8-18-12/h1-8,13H,9H2,(H2,17,20)(H,19,21)/t13-/m1/s1. The molecule has 2 rings (SSSR count). The van der Waals surface area contributed by atoms with E-state index in [-0.39, 0.29) is 5.69 Å². The molecule has 21 heavy (non-hydrogen) atoms. The lowest BCUT2D eigenvalue weighted by molar-refractivity contribution is -0.119. The van der Waals surface area contributed by atoms with E-state index in [0.717, 1.165) is 9.13 Å². The Hall–Kier alpha value is -1.96. The molecule has 0 radical (unpaired) electrons. The maximum absolute atomic E-state index is 12.1. The predicted octanol–water partition coefficient (Wildman–Crippen LogP) is 1.51. The highest BCUT2D eigenvalue weighted by Gasteiger charge is 2.20. The van der Waals surface area contributed by atoms with E-state index < -0.39 is 17.9 Å². The van der Waals surface area contributed by atoms with E-state index in [1.807, 2.05) is 24.3 Å². The van der Waals surface area contributed by atoms with Crippen molar-refractivity contribution in [2.45, 2.75) is 12.5 Å². The molecule has 0 spiro atoms. The van der Waals surface area contributed by atoms with Crippen molar-refractivity contribution >= 4 is 34.4 Å². The van der Waals surface area contributed by atoms with E-state index in [1.54, 1.807) is 18.2 Å². The number of carbonyl (C=O) groups is 2. The third-order valence-corrected chi connectivity index (χ3v) is 3.98. The molecule has 0 saturated heterocycles. The third kappa shape index (κ3) is 4.25. The molecule has 6 heteroatoms. The van der Waals surface area contributed by atoms with Crippen LogP contribution in [0.5, 0.6) is 0 Å². The highest BCUT2D eigenvalue weighted by atomic mass is 127. The lowest BCUT2D eigenvalue weighted by Crippen LogP contribution is -2.46. The zero-order valence-corrected chi connectivity index (χ0v) is 13.3. The zero-order valence-electron chi connectivity index (χ0n) is 11.1. The number of nitrogens with one attached hydrogen (secondary N) is 1. The second-order valence-corrected chi connectivity index (χ2v) is 5.60. The lowest BCUT2D eigenvalue weighted by Gasteiger charge is -2.16. The maximum Gasteiger partial charge on any atom is 0.270 e. The van der Waals surface area contributed by atoms with E-state index in [0.29, 0.717) is 6.42 Å². The molecular weight excluding hydrogens is 381 g/mol. The van der Waals surface area contributed by atoms with Crippen molar-refractivity contribution in [1.29, 1.82) is 0 Å². The average molecular weight is 395 g/mol. The summed E-state index contributed by atoms with van der Waals surface area (Å²) >= 11 is 2.19. The van der Waals surface area contributed by atoms with Crippen molar-refractivity contribution in [3.63, 3.8) is 0 Å². The normalized spacial score (nSPS) is 11.7. The Balaban J connectivity index is 2.12. The van der Waals surface area contributed by atoms with E-state index in [2.05, 4.69) is 32.9 Å². The Morgan fingerprint density at radius 1 is 1.19 bits per heavy atom. The molecular formula is C15H14IN3O2. The van der Waals surface area contributed by atoms with Crippen molar-refractivity contribution in [2.24, 2.45) is 5.73 Å². The number of hydrogen-bond donors (Lipinski definition) is 2. The van der Waals surface area contributed by atoms with Gasteiger partial charge in [0.15, 0.2) is 0 Å². The fraction of sp³-hybridized carbons (Fsp3) is 0.133. The second kappa shape index (κ2) is 7.16. The smallest absolute Gasteiger partial charge is 0.270 e. The Kier molecular flexibility index (Phi) is 5.26. The van der Waals surface area contributed by atoms with Crippen LogP contribution < -0.4 is 11.1 Å². The molecule has 0 fully saturated rings. The van der Waals surface area contributed by atoms with Crippen molar-refractivity contribution in [3.05, 3.63) is 63.5 Å². The molecule has 0 bridgehead atoms. The van der Waals surface area contributed by atoms with Crippen molar-refractivity contribution < 1.29 is 9.59 Å². The molecule has 0 aliphatic rings. The van der Waals surface area contributed by atoms with Crippen LogP contribution in [0.1, 0.15) is 16.1 Å². The molecule has 0 aliphatic carbocycles. The lowest BCUT2D eigenvalue weighted by atomic mass is 10.1. The summed E-state index contributed by atoms with van der Waals surface area (Å²) < 4.78 is 1.02. The molecule has 1 aromatic heterocycles. The van der Waals surface area contributed by atoms with Gasteiger partial charge in [0.2, 0.25) is 5.91 Å². The SMILES string of the molecule is NC(=O)[C@@H](Cc1ccccc1I)NC(=O)c1ccccn1. The summed E-state index contributed by atoms with van der Waals surface area (Å²) in [4.78, 5) is 27.6. The number of primary amides is 1. The molecule has 1 atom stereocenters. The number of aromatic nitrogens is 1. The molecule has 1 aromatic carbocycles. The second-order valence-electron chi connectivity index (χ2n) is 4.44. The Labute approximate surface area is 136 Å². The molecule has 0 aliphatic heterocycles. The highest BCUT2D eigenvalue weighted by Crippen LogP contribution is 2.13. The fourth-order valence-electron chi connectivity index (χ4n) is 1.84. The first-order chi connectivity index (χ1) is 10.1. The fourth-order valence-corrected chi connectivity index (χ4v) is 2.44. The van der Waals surface area contributed by atoms with E-state index in [1.165, 1.54) is 6.20 Å². The first kappa shape index (κ1) is 15.4. The molecule has 5 nitrogen and oxygen atoms in total. The van der Waals surface area contributed by atoms with Gasteiger partial charge in [0.1, 0.15) is 11.7 Å². The van der Waals surface area contributed by atoms with Crippen LogP contribution in [0.4, 0.5) is 0 Å². The number of amides is 2. The minimum absolute atomic E-state index is 0.256. The number of nitrogens with two attached hydrogens (primary N) is 1. The molecule has 0 unspecified atom stereocenters. The topological polar surface area (TPSA) is 85.1 Å². The van der Waals surface area contributed by atoms with Crippen LogP contribution in [0.3, 0.4) is 0 Å². The van der Waals surface area contributed by atoms with Gasteiger partial charge in [-0.3, -0.25) is 14.6 Å². The van der Waals surface area contributed by atoms with Crippen LogP contribution in [0.25, 0.3) is 0 Å². The van der Waals surface area contributed by atoms with E-state index in [9.17, 15) is 9.59 Å². The van der Waals surface area contributed by atoms with Crippen LogP contribution >= 0.6 is 22.6 Å². The minimum Gasteiger partial charge on any atom is -0.368 e. The van der Waals surface area contributed by atoms with Crippen LogP contribution in [0.15, 0.2) is 48.7 Å². The largest absolute Gasteiger partial charge is 0.368 e. The van der Waals surface area contributed by atoms with E-state index >= 15 is 0 Å². The van der Waals surface area contributed by atoms with Gasteiger partial charge in [-0.25, -0.2) is 0 Å². The van der Waals surface area contributed by atoms with Crippen LogP contribution in [-0.2, 0) is 11.2 Å². The monoisotopic (exact) mass is 395 g/mol. The zero-order chi connectivity index (χ0) is 15.2.